The topological polar surface area (TPSA) is 87.7 Å². The number of rotatable bonds is 4. The second-order valence-electron chi connectivity index (χ2n) is 4.61. The van der Waals surface area contributed by atoms with Crippen molar-refractivity contribution in [3.05, 3.63) is 59.7 Å². The first-order valence-corrected chi connectivity index (χ1v) is 6.63. The van der Waals surface area contributed by atoms with Crippen molar-refractivity contribution in [2.75, 3.05) is 6.61 Å². The van der Waals surface area contributed by atoms with E-state index in [4.69, 9.17) is 4.74 Å². The molecule has 0 atom stereocenters. The minimum atomic E-state index is -0.528. The number of aromatic hydroxyl groups is 1. The van der Waals surface area contributed by atoms with Gasteiger partial charge in [-0.25, -0.2) is 0 Å². The van der Waals surface area contributed by atoms with Crippen LogP contribution in [0.2, 0.25) is 0 Å². The molecular formula is C16H16N2O4. The number of amides is 2. The molecule has 0 saturated carbocycles. The van der Waals surface area contributed by atoms with E-state index in [0.29, 0.717) is 5.75 Å². The van der Waals surface area contributed by atoms with E-state index in [1.807, 2.05) is 25.1 Å². The number of hydrogen-bond donors (Lipinski definition) is 3. The largest absolute Gasteiger partial charge is 0.508 e. The zero-order valence-corrected chi connectivity index (χ0v) is 12.0. The Labute approximate surface area is 127 Å². The van der Waals surface area contributed by atoms with Gasteiger partial charge >= 0.3 is 0 Å². The molecule has 0 spiro atoms. The van der Waals surface area contributed by atoms with Crippen LogP contribution >= 0.6 is 0 Å². The molecule has 2 aromatic carbocycles. The molecular weight excluding hydrogens is 284 g/mol. The van der Waals surface area contributed by atoms with Gasteiger partial charge in [-0.1, -0.05) is 24.3 Å². The summed E-state index contributed by atoms with van der Waals surface area (Å²) in [6.07, 6.45) is 0. The average molecular weight is 300 g/mol. The third-order valence-corrected chi connectivity index (χ3v) is 2.88. The average Bonchev–Trinajstić information content (AvgIpc) is 2.52. The van der Waals surface area contributed by atoms with E-state index in [0.717, 1.165) is 5.56 Å². The Morgan fingerprint density at radius 1 is 1.09 bits per heavy atom. The van der Waals surface area contributed by atoms with Gasteiger partial charge in [-0.05, 0) is 36.8 Å². The number of nitrogens with one attached hydrogen (secondary N) is 2. The second kappa shape index (κ2) is 7.12. The highest BCUT2D eigenvalue weighted by Gasteiger charge is 2.08. The maximum atomic E-state index is 11.8. The molecule has 0 radical (unpaired) electrons. The molecule has 6 heteroatoms. The number of aryl methyl sites for hydroxylation is 1. The van der Waals surface area contributed by atoms with Crippen molar-refractivity contribution in [1.29, 1.82) is 0 Å². The molecule has 2 amide bonds. The first-order chi connectivity index (χ1) is 10.6. The van der Waals surface area contributed by atoms with Crippen molar-refractivity contribution >= 4 is 11.8 Å². The number of benzene rings is 2. The van der Waals surface area contributed by atoms with Crippen LogP contribution in [0, 0.1) is 6.92 Å². The second-order valence-corrected chi connectivity index (χ2v) is 4.61. The minimum Gasteiger partial charge on any atom is -0.508 e. The summed E-state index contributed by atoms with van der Waals surface area (Å²) in [5.41, 5.74) is 5.64. The number of hydrazine groups is 1. The van der Waals surface area contributed by atoms with E-state index in [1.165, 1.54) is 24.3 Å². The molecule has 0 heterocycles. The van der Waals surface area contributed by atoms with E-state index in [2.05, 4.69) is 10.9 Å². The van der Waals surface area contributed by atoms with Crippen molar-refractivity contribution in [2.24, 2.45) is 0 Å². The fraction of sp³-hybridized carbons (Fsp3) is 0.125. The third-order valence-electron chi connectivity index (χ3n) is 2.88. The number of ether oxygens (including phenoxy) is 1. The van der Waals surface area contributed by atoms with E-state index >= 15 is 0 Å². The van der Waals surface area contributed by atoms with Gasteiger partial charge in [-0.3, -0.25) is 20.4 Å². The Kier molecular flexibility index (Phi) is 4.98. The lowest BCUT2D eigenvalue weighted by Crippen LogP contribution is -2.43. The van der Waals surface area contributed by atoms with Crippen molar-refractivity contribution in [3.63, 3.8) is 0 Å². The maximum absolute atomic E-state index is 11.8. The first-order valence-electron chi connectivity index (χ1n) is 6.63. The summed E-state index contributed by atoms with van der Waals surface area (Å²) in [4.78, 5) is 23.4. The van der Waals surface area contributed by atoms with Gasteiger partial charge in [-0.2, -0.15) is 0 Å². The van der Waals surface area contributed by atoms with Gasteiger partial charge in [-0.15, -0.1) is 0 Å². The highest BCUT2D eigenvalue weighted by molar-refractivity contribution is 5.95. The molecule has 22 heavy (non-hydrogen) atoms. The fourth-order valence-electron chi connectivity index (χ4n) is 1.74. The van der Waals surface area contributed by atoms with Crippen LogP contribution in [0.3, 0.4) is 0 Å². The molecule has 0 bridgehead atoms. The van der Waals surface area contributed by atoms with Crippen LogP contribution in [-0.2, 0) is 4.79 Å². The molecule has 2 rings (SSSR count). The molecule has 3 N–H and O–H groups in total. The third kappa shape index (κ3) is 4.24. The summed E-state index contributed by atoms with van der Waals surface area (Å²) >= 11 is 0. The van der Waals surface area contributed by atoms with Crippen molar-refractivity contribution in [1.82, 2.24) is 10.9 Å². The Balaban J connectivity index is 1.81. The van der Waals surface area contributed by atoms with E-state index in [-0.39, 0.29) is 17.9 Å². The van der Waals surface area contributed by atoms with Gasteiger partial charge in [0.2, 0.25) is 0 Å². The maximum Gasteiger partial charge on any atom is 0.276 e. The lowest BCUT2D eigenvalue weighted by molar-refractivity contribution is -0.123. The summed E-state index contributed by atoms with van der Waals surface area (Å²) in [6.45, 7) is 1.65. The first kappa shape index (κ1) is 15.4. The molecule has 114 valence electrons. The number of para-hydroxylation sites is 1. The van der Waals surface area contributed by atoms with Gasteiger partial charge in [0.1, 0.15) is 11.5 Å². The minimum absolute atomic E-state index is 0.0261. The summed E-state index contributed by atoms with van der Waals surface area (Å²) in [6, 6.07) is 13.1. The van der Waals surface area contributed by atoms with Crippen molar-refractivity contribution < 1.29 is 19.4 Å². The number of phenolic OH excluding ortho intramolecular Hbond substituents is 1. The predicted octanol–water partition coefficient (Wildman–Crippen LogP) is 1.54. The Bertz CT molecular complexity index is 685. The van der Waals surface area contributed by atoms with Crippen molar-refractivity contribution in [3.8, 4) is 11.5 Å². The van der Waals surface area contributed by atoms with Gasteiger partial charge in [0.05, 0.1) is 0 Å². The highest BCUT2D eigenvalue weighted by Crippen LogP contribution is 2.15. The standard InChI is InChI=1S/C16H16N2O4/c1-11-5-2-3-8-14(11)22-10-15(20)17-18-16(21)12-6-4-7-13(19)9-12/h2-9,19H,10H2,1H3,(H,17,20)(H,18,21). The molecule has 0 unspecified atom stereocenters. The van der Waals surface area contributed by atoms with Gasteiger partial charge in [0.25, 0.3) is 11.8 Å². The molecule has 0 aromatic heterocycles. The van der Waals surface area contributed by atoms with Crippen molar-refractivity contribution in [2.45, 2.75) is 6.92 Å². The monoisotopic (exact) mass is 300 g/mol. The predicted molar refractivity (Wildman–Crippen MR) is 80.4 cm³/mol. The van der Waals surface area contributed by atoms with Gasteiger partial charge in [0, 0.05) is 5.56 Å². The highest BCUT2D eigenvalue weighted by atomic mass is 16.5. The van der Waals surface area contributed by atoms with Crippen LogP contribution in [0.4, 0.5) is 0 Å². The number of carbonyl (C=O) groups is 2. The molecule has 0 aliphatic rings. The van der Waals surface area contributed by atoms with E-state index < -0.39 is 11.8 Å². The number of hydrogen-bond acceptors (Lipinski definition) is 4. The zero-order valence-electron chi connectivity index (χ0n) is 12.0. The fourth-order valence-corrected chi connectivity index (χ4v) is 1.74. The van der Waals surface area contributed by atoms with Crippen LogP contribution in [0.15, 0.2) is 48.5 Å². The smallest absolute Gasteiger partial charge is 0.276 e. The quantitative estimate of drug-likeness (QED) is 0.747. The summed E-state index contributed by atoms with van der Waals surface area (Å²) in [5, 5.41) is 9.29. The summed E-state index contributed by atoms with van der Waals surface area (Å²) < 4.78 is 5.35. The van der Waals surface area contributed by atoms with Gasteiger partial charge in [0.15, 0.2) is 6.61 Å². The lowest BCUT2D eigenvalue weighted by atomic mass is 10.2. The SMILES string of the molecule is Cc1ccccc1OCC(=O)NNC(=O)c1cccc(O)c1. The molecule has 0 aliphatic carbocycles. The zero-order chi connectivity index (χ0) is 15.9. The number of phenols is 1. The van der Waals surface area contributed by atoms with Crippen LogP contribution in [0.1, 0.15) is 15.9 Å². The summed E-state index contributed by atoms with van der Waals surface area (Å²) in [5.74, 6) is -0.435. The molecule has 0 saturated heterocycles. The lowest BCUT2D eigenvalue weighted by Gasteiger charge is -2.10. The molecule has 2 aromatic rings. The van der Waals surface area contributed by atoms with E-state index in [1.54, 1.807) is 6.07 Å². The Morgan fingerprint density at radius 2 is 1.86 bits per heavy atom. The number of carbonyl (C=O) groups excluding carboxylic acids is 2. The molecule has 0 aliphatic heterocycles. The Morgan fingerprint density at radius 3 is 2.59 bits per heavy atom. The normalized spacial score (nSPS) is 9.86. The van der Waals surface area contributed by atoms with Crippen LogP contribution in [0.5, 0.6) is 11.5 Å². The summed E-state index contributed by atoms with van der Waals surface area (Å²) in [7, 11) is 0. The van der Waals surface area contributed by atoms with Crippen LogP contribution in [-0.4, -0.2) is 23.5 Å². The Hall–Kier alpha value is -3.02. The van der Waals surface area contributed by atoms with Crippen LogP contribution in [0.25, 0.3) is 0 Å². The van der Waals surface area contributed by atoms with Crippen LogP contribution < -0.4 is 15.6 Å². The van der Waals surface area contributed by atoms with E-state index in [9.17, 15) is 14.7 Å². The molecule has 6 nitrogen and oxygen atoms in total. The molecule has 0 fully saturated rings. The van der Waals surface area contributed by atoms with Gasteiger partial charge < -0.3 is 9.84 Å².